The molecule has 2 aromatic carbocycles. The number of hydrogen-bond acceptors (Lipinski definition) is 5. The van der Waals surface area contributed by atoms with Gasteiger partial charge in [0.15, 0.2) is 0 Å². The average Bonchev–Trinajstić information content (AvgIpc) is 2.69. The lowest BCUT2D eigenvalue weighted by atomic mass is 10.2. The van der Waals surface area contributed by atoms with Crippen LogP contribution < -0.4 is 9.62 Å². The molecule has 26 heavy (non-hydrogen) atoms. The molecule has 0 saturated carbocycles. The Morgan fingerprint density at radius 1 is 1.27 bits per heavy atom. The quantitative estimate of drug-likeness (QED) is 0.634. The van der Waals surface area contributed by atoms with E-state index >= 15 is 0 Å². The minimum absolute atomic E-state index is 0.0520. The largest absolute Gasteiger partial charge is 0.324 e. The molecule has 0 fully saturated rings. The lowest BCUT2D eigenvalue weighted by Crippen LogP contribution is -2.39. The number of carbonyl (C=O) groups is 1. The van der Waals surface area contributed by atoms with E-state index in [2.05, 4.69) is 5.32 Å². The first-order chi connectivity index (χ1) is 12.2. The topological polar surface area (TPSA) is 110 Å². The van der Waals surface area contributed by atoms with Crippen LogP contribution in [0.2, 0.25) is 5.02 Å². The van der Waals surface area contributed by atoms with Crippen molar-refractivity contribution in [2.24, 2.45) is 0 Å². The summed E-state index contributed by atoms with van der Waals surface area (Å²) in [6, 6.07) is 9.11. The van der Waals surface area contributed by atoms with Gasteiger partial charge in [0.25, 0.3) is 15.7 Å². The van der Waals surface area contributed by atoms with Gasteiger partial charge in [0.1, 0.15) is 5.02 Å². The van der Waals surface area contributed by atoms with Gasteiger partial charge >= 0.3 is 0 Å². The van der Waals surface area contributed by atoms with E-state index in [9.17, 15) is 23.3 Å². The highest BCUT2D eigenvalue weighted by Crippen LogP contribution is 2.37. The molecule has 136 valence electrons. The van der Waals surface area contributed by atoms with Crippen LogP contribution >= 0.6 is 11.6 Å². The molecular formula is C16H14ClN3O5S. The number of hydrogen-bond donors (Lipinski definition) is 1. The van der Waals surface area contributed by atoms with E-state index in [0.717, 1.165) is 10.4 Å². The Morgan fingerprint density at radius 3 is 2.65 bits per heavy atom. The first-order valence-electron chi connectivity index (χ1n) is 7.59. The van der Waals surface area contributed by atoms with Crippen LogP contribution in [-0.2, 0) is 14.8 Å². The number of nitrogens with zero attached hydrogens (tertiary/aromatic N) is 2. The van der Waals surface area contributed by atoms with E-state index < -0.39 is 26.7 Å². The highest BCUT2D eigenvalue weighted by atomic mass is 35.5. The number of rotatable bonds is 3. The highest BCUT2D eigenvalue weighted by molar-refractivity contribution is 7.92. The van der Waals surface area contributed by atoms with Gasteiger partial charge in [-0.15, -0.1) is 0 Å². The summed E-state index contributed by atoms with van der Waals surface area (Å²) in [7, 11) is -4.17. The molecule has 0 unspecified atom stereocenters. The zero-order chi connectivity index (χ0) is 19.1. The number of nitro benzene ring substituents is 1. The first kappa shape index (κ1) is 18.2. The van der Waals surface area contributed by atoms with Gasteiger partial charge < -0.3 is 5.32 Å². The van der Waals surface area contributed by atoms with E-state index in [4.69, 9.17) is 11.6 Å². The number of para-hydroxylation sites is 2. The Morgan fingerprint density at radius 2 is 1.96 bits per heavy atom. The fourth-order valence-corrected chi connectivity index (χ4v) is 4.71. The maximum absolute atomic E-state index is 13.2. The van der Waals surface area contributed by atoms with Gasteiger partial charge in [0.2, 0.25) is 5.91 Å². The number of nitro groups is 1. The molecular weight excluding hydrogens is 382 g/mol. The lowest BCUT2D eigenvalue weighted by molar-refractivity contribution is -0.384. The molecule has 0 aliphatic carbocycles. The van der Waals surface area contributed by atoms with Crippen LogP contribution in [0.4, 0.5) is 17.1 Å². The van der Waals surface area contributed by atoms with E-state index in [1.54, 1.807) is 31.2 Å². The summed E-state index contributed by atoms with van der Waals surface area (Å²) in [5.41, 5.74) is 0.148. The third-order valence-electron chi connectivity index (χ3n) is 3.97. The van der Waals surface area contributed by atoms with Crippen molar-refractivity contribution in [3.05, 3.63) is 57.6 Å². The number of fused-ring (bicyclic) bond motifs is 1. The molecule has 1 aliphatic rings. The number of sulfonamides is 1. The normalized spacial score (nSPS) is 17.2. The third kappa shape index (κ3) is 3.11. The van der Waals surface area contributed by atoms with Crippen molar-refractivity contribution in [2.75, 3.05) is 9.62 Å². The molecule has 1 atom stereocenters. The predicted molar refractivity (Wildman–Crippen MR) is 96.9 cm³/mol. The van der Waals surface area contributed by atoms with Crippen LogP contribution in [-0.4, -0.2) is 25.3 Å². The summed E-state index contributed by atoms with van der Waals surface area (Å²) in [6.45, 7) is 1.60. The van der Waals surface area contributed by atoms with Crippen LogP contribution in [0, 0.1) is 10.1 Å². The minimum Gasteiger partial charge on any atom is -0.324 e. The second-order valence-electron chi connectivity index (χ2n) is 5.79. The van der Waals surface area contributed by atoms with E-state index in [1.165, 1.54) is 12.1 Å². The highest BCUT2D eigenvalue weighted by Gasteiger charge is 2.35. The smallest absolute Gasteiger partial charge is 0.289 e. The van der Waals surface area contributed by atoms with Gasteiger partial charge in [-0.3, -0.25) is 19.2 Å². The molecule has 0 aromatic heterocycles. The zero-order valence-electron chi connectivity index (χ0n) is 13.5. The SMILES string of the molecule is C[C@H]1CC(=O)Nc2ccccc2N1S(=O)(=O)c1ccc(Cl)c([N+](=O)[O-])c1. The summed E-state index contributed by atoms with van der Waals surface area (Å²) in [5, 5.41) is 13.6. The number of amides is 1. The molecule has 1 N–H and O–H groups in total. The van der Waals surface area contributed by atoms with Crippen molar-refractivity contribution in [3.8, 4) is 0 Å². The fourth-order valence-electron chi connectivity index (χ4n) is 2.83. The fraction of sp³-hybridized carbons (Fsp3) is 0.188. The number of benzene rings is 2. The molecule has 1 heterocycles. The van der Waals surface area contributed by atoms with E-state index in [-0.39, 0.29) is 22.2 Å². The Balaban J connectivity index is 2.19. The van der Waals surface area contributed by atoms with Crippen LogP contribution in [0.25, 0.3) is 0 Å². The molecule has 1 amide bonds. The third-order valence-corrected chi connectivity index (χ3v) is 6.21. The van der Waals surface area contributed by atoms with E-state index in [0.29, 0.717) is 11.4 Å². The van der Waals surface area contributed by atoms with Gasteiger partial charge in [-0.2, -0.15) is 0 Å². The Bertz CT molecular complexity index is 1010. The maximum atomic E-state index is 13.2. The average molecular weight is 396 g/mol. The van der Waals surface area contributed by atoms with Crippen molar-refractivity contribution in [2.45, 2.75) is 24.3 Å². The van der Waals surface area contributed by atoms with Gasteiger partial charge in [-0.05, 0) is 31.2 Å². The van der Waals surface area contributed by atoms with Crippen LogP contribution in [0.5, 0.6) is 0 Å². The number of carbonyl (C=O) groups excluding carboxylic acids is 1. The molecule has 0 radical (unpaired) electrons. The molecule has 0 spiro atoms. The van der Waals surface area contributed by atoms with Crippen molar-refractivity contribution in [1.82, 2.24) is 0 Å². The summed E-state index contributed by atoms with van der Waals surface area (Å²) in [4.78, 5) is 22.1. The monoisotopic (exact) mass is 395 g/mol. The second-order valence-corrected chi connectivity index (χ2v) is 8.01. The molecule has 8 nitrogen and oxygen atoms in total. The Kier molecular flexibility index (Phi) is 4.59. The van der Waals surface area contributed by atoms with Crippen molar-refractivity contribution >= 4 is 44.6 Å². The summed E-state index contributed by atoms with van der Waals surface area (Å²) < 4.78 is 27.6. The van der Waals surface area contributed by atoms with Gasteiger partial charge in [-0.1, -0.05) is 23.7 Å². The second kappa shape index (κ2) is 6.58. The standard InChI is InChI=1S/C16H14ClN3O5S/c1-10-8-16(21)18-13-4-2-3-5-14(13)19(10)26(24,25)11-6-7-12(17)15(9-11)20(22)23/h2-7,9-10H,8H2,1H3,(H,18,21)/t10-/m0/s1. The molecule has 0 bridgehead atoms. The summed E-state index contributed by atoms with van der Waals surface area (Å²) >= 11 is 5.78. The summed E-state index contributed by atoms with van der Waals surface area (Å²) in [5.74, 6) is -0.315. The Hall–Kier alpha value is -2.65. The Labute approximate surface area is 154 Å². The van der Waals surface area contributed by atoms with Crippen LogP contribution in [0.3, 0.4) is 0 Å². The van der Waals surface area contributed by atoms with Crippen molar-refractivity contribution in [3.63, 3.8) is 0 Å². The maximum Gasteiger partial charge on any atom is 0.289 e. The lowest BCUT2D eigenvalue weighted by Gasteiger charge is -2.29. The zero-order valence-corrected chi connectivity index (χ0v) is 15.1. The van der Waals surface area contributed by atoms with Gasteiger partial charge in [0.05, 0.1) is 27.2 Å². The number of halogens is 1. The van der Waals surface area contributed by atoms with Crippen molar-refractivity contribution < 1.29 is 18.1 Å². The molecule has 1 aliphatic heterocycles. The summed E-state index contributed by atoms with van der Waals surface area (Å²) in [6.07, 6.45) is -0.0520. The van der Waals surface area contributed by atoms with Crippen LogP contribution in [0.1, 0.15) is 13.3 Å². The number of nitrogens with one attached hydrogen (secondary N) is 1. The predicted octanol–water partition coefficient (Wildman–Crippen LogP) is 3.17. The molecule has 3 rings (SSSR count). The first-order valence-corrected chi connectivity index (χ1v) is 9.41. The number of anilines is 2. The van der Waals surface area contributed by atoms with Crippen molar-refractivity contribution in [1.29, 1.82) is 0 Å². The van der Waals surface area contributed by atoms with Crippen LogP contribution in [0.15, 0.2) is 47.4 Å². The van der Waals surface area contributed by atoms with Gasteiger partial charge in [-0.25, -0.2) is 8.42 Å². The molecule has 2 aromatic rings. The minimum atomic E-state index is -4.17. The molecule has 0 saturated heterocycles. The molecule has 10 heteroatoms. The van der Waals surface area contributed by atoms with E-state index in [1.807, 2.05) is 0 Å². The van der Waals surface area contributed by atoms with Gasteiger partial charge in [0, 0.05) is 12.5 Å².